The summed E-state index contributed by atoms with van der Waals surface area (Å²) in [4.78, 5) is 33.1. The molecule has 0 radical (unpaired) electrons. The quantitative estimate of drug-likeness (QED) is 0.909. The van der Waals surface area contributed by atoms with Crippen molar-refractivity contribution < 1.29 is 14.1 Å². The Balaban J connectivity index is 1.93. The molecule has 2 aromatic heterocycles. The topological polar surface area (TPSA) is 101 Å². The Hall–Kier alpha value is -2.48. The number of hydrogen-bond donors (Lipinski definition) is 1. The van der Waals surface area contributed by atoms with Crippen LogP contribution in [0.25, 0.3) is 0 Å². The molecule has 1 fully saturated rings. The predicted molar refractivity (Wildman–Crippen MR) is 80.0 cm³/mol. The van der Waals surface area contributed by atoms with Crippen molar-refractivity contribution in [3.8, 4) is 0 Å². The van der Waals surface area contributed by atoms with Gasteiger partial charge in [0.05, 0.1) is 13.2 Å². The van der Waals surface area contributed by atoms with Gasteiger partial charge < -0.3 is 19.1 Å². The number of aromatic nitrogens is 3. The fourth-order valence-corrected chi connectivity index (χ4v) is 2.55. The maximum Gasteiger partial charge on any atom is 0.254 e. The van der Waals surface area contributed by atoms with E-state index in [-0.39, 0.29) is 17.4 Å². The van der Waals surface area contributed by atoms with Crippen LogP contribution in [0, 0.1) is 0 Å². The molecule has 0 spiro atoms. The number of hydrogen-bond acceptors (Lipinski definition) is 6. The number of morpholine rings is 1. The minimum atomic E-state index is -0.420. The summed E-state index contributed by atoms with van der Waals surface area (Å²) in [5.41, 5.74) is 0.794. The molecule has 1 aliphatic heterocycles. The summed E-state index contributed by atoms with van der Waals surface area (Å²) in [6.07, 6.45) is 1.22. The third kappa shape index (κ3) is 3.16. The molecule has 1 N–H and O–H groups in total. The summed E-state index contributed by atoms with van der Waals surface area (Å²) in [7, 11) is 0. The second-order valence-electron chi connectivity index (χ2n) is 5.72. The van der Waals surface area contributed by atoms with Crippen LogP contribution in [0.15, 0.2) is 27.8 Å². The third-order valence-corrected chi connectivity index (χ3v) is 3.80. The van der Waals surface area contributed by atoms with E-state index in [1.54, 1.807) is 11.0 Å². The average Bonchev–Trinajstić information content (AvgIpc) is 3.08. The Bertz CT molecular complexity index is 738. The van der Waals surface area contributed by atoms with Crippen LogP contribution >= 0.6 is 0 Å². The number of pyridine rings is 1. The van der Waals surface area contributed by atoms with Crippen LogP contribution in [0.2, 0.25) is 0 Å². The molecule has 122 valence electrons. The van der Waals surface area contributed by atoms with Gasteiger partial charge in [0.2, 0.25) is 12.0 Å². The standard InChI is InChI=1S/C15H18N4O4/c1-9(2)11-5-10(6-13(20)17-11)15(21)19-3-4-22-7-12(19)14-16-8-23-18-14/h5-6,8-9,12H,3-4,7H2,1-2H3,(H,17,20)/t12-/m1/s1. The Morgan fingerprint density at radius 1 is 1.43 bits per heavy atom. The molecule has 8 nitrogen and oxygen atoms in total. The van der Waals surface area contributed by atoms with Crippen LogP contribution in [-0.2, 0) is 4.74 Å². The number of carbonyl (C=O) groups excluding carboxylic acids is 1. The zero-order valence-corrected chi connectivity index (χ0v) is 13.0. The van der Waals surface area contributed by atoms with Crippen LogP contribution in [0.4, 0.5) is 0 Å². The SMILES string of the molecule is CC(C)c1cc(C(=O)N2CCOC[C@@H]2c2ncon2)cc(=O)[nH]1. The number of carbonyl (C=O) groups is 1. The molecular formula is C15H18N4O4. The molecule has 8 heteroatoms. The first-order valence-corrected chi connectivity index (χ1v) is 7.45. The van der Waals surface area contributed by atoms with Crippen LogP contribution < -0.4 is 5.56 Å². The number of ether oxygens (including phenoxy) is 1. The molecule has 1 saturated heterocycles. The molecule has 0 unspecified atom stereocenters. The number of nitrogens with zero attached hydrogens (tertiary/aromatic N) is 3. The first-order chi connectivity index (χ1) is 11.1. The largest absolute Gasteiger partial charge is 0.377 e. The highest BCUT2D eigenvalue weighted by Crippen LogP contribution is 2.23. The van der Waals surface area contributed by atoms with Crippen molar-refractivity contribution in [2.75, 3.05) is 19.8 Å². The number of aromatic amines is 1. The van der Waals surface area contributed by atoms with E-state index in [4.69, 9.17) is 9.26 Å². The number of nitrogens with one attached hydrogen (secondary N) is 1. The molecule has 0 aliphatic carbocycles. The summed E-state index contributed by atoms with van der Waals surface area (Å²) in [6, 6.07) is 2.62. The summed E-state index contributed by atoms with van der Waals surface area (Å²) >= 11 is 0. The molecule has 0 saturated carbocycles. The number of amides is 1. The summed E-state index contributed by atoms with van der Waals surface area (Å²) in [5, 5.41) is 3.80. The Morgan fingerprint density at radius 2 is 2.26 bits per heavy atom. The molecular weight excluding hydrogens is 300 g/mol. The molecule has 1 atom stereocenters. The molecule has 1 aliphatic rings. The minimum Gasteiger partial charge on any atom is -0.377 e. The van der Waals surface area contributed by atoms with E-state index in [1.165, 1.54) is 12.5 Å². The molecule has 0 bridgehead atoms. The van der Waals surface area contributed by atoms with Gasteiger partial charge in [-0.3, -0.25) is 9.59 Å². The molecule has 1 amide bonds. The lowest BCUT2D eigenvalue weighted by atomic mass is 10.1. The smallest absolute Gasteiger partial charge is 0.254 e. The van der Waals surface area contributed by atoms with Gasteiger partial charge in [-0.1, -0.05) is 19.0 Å². The lowest BCUT2D eigenvalue weighted by Crippen LogP contribution is -2.44. The first-order valence-electron chi connectivity index (χ1n) is 7.45. The van der Waals surface area contributed by atoms with E-state index in [2.05, 4.69) is 15.1 Å². The van der Waals surface area contributed by atoms with E-state index in [9.17, 15) is 9.59 Å². The monoisotopic (exact) mass is 318 g/mol. The van der Waals surface area contributed by atoms with Gasteiger partial charge >= 0.3 is 0 Å². The van der Waals surface area contributed by atoms with Crippen molar-refractivity contribution in [2.24, 2.45) is 0 Å². The van der Waals surface area contributed by atoms with Gasteiger partial charge in [-0.15, -0.1) is 0 Å². The van der Waals surface area contributed by atoms with Gasteiger partial charge in [0.1, 0.15) is 6.04 Å². The Kier molecular flexibility index (Phi) is 4.24. The highest BCUT2D eigenvalue weighted by molar-refractivity contribution is 5.94. The third-order valence-electron chi connectivity index (χ3n) is 3.80. The molecule has 3 heterocycles. The Morgan fingerprint density at radius 3 is 2.96 bits per heavy atom. The van der Waals surface area contributed by atoms with E-state index in [0.29, 0.717) is 31.1 Å². The zero-order valence-electron chi connectivity index (χ0n) is 13.0. The fourth-order valence-electron chi connectivity index (χ4n) is 2.55. The van der Waals surface area contributed by atoms with Gasteiger partial charge in [-0.2, -0.15) is 4.98 Å². The van der Waals surface area contributed by atoms with E-state index in [1.807, 2.05) is 13.8 Å². The van der Waals surface area contributed by atoms with Crippen molar-refractivity contribution in [1.82, 2.24) is 20.0 Å². The molecule has 3 rings (SSSR count). The van der Waals surface area contributed by atoms with Gasteiger partial charge in [0.15, 0.2) is 5.82 Å². The second-order valence-corrected chi connectivity index (χ2v) is 5.72. The highest BCUT2D eigenvalue weighted by atomic mass is 16.5. The second kappa shape index (κ2) is 6.33. The summed E-state index contributed by atoms with van der Waals surface area (Å²) in [5.74, 6) is 0.274. The summed E-state index contributed by atoms with van der Waals surface area (Å²) in [6.45, 7) is 5.04. The van der Waals surface area contributed by atoms with Crippen molar-refractivity contribution in [3.63, 3.8) is 0 Å². The highest BCUT2D eigenvalue weighted by Gasteiger charge is 2.32. The maximum atomic E-state index is 12.9. The lowest BCUT2D eigenvalue weighted by Gasteiger charge is -2.33. The molecule has 23 heavy (non-hydrogen) atoms. The zero-order chi connectivity index (χ0) is 16.4. The van der Waals surface area contributed by atoms with Crippen molar-refractivity contribution in [1.29, 1.82) is 0 Å². The van der Waals surface area contributed by atoms with E-state index >= 15 is 0 Å². The molecule has 0 aromatic carbocycles. The van der Waals surface area contributed by atoms with Crippen LogP contribution in [-0.4, -0.2) is 45.7 Å². The minimum absolute atomic E-state index is 0.119. The first kappa shape index (κ1) is 15.4. The average molecular weight is 318 g/mol. The molecule has 2 aromatic rings. The number of H-pyrrole nitrogens is 1. The van der Waals surface area contributed by atoms with Crippen LogP contribution in [0.3, 0.4) is 0 Å². The van der Waals surface area contributed by atoms with Gasteiger partial charge in [0.25, 0.3) is 5.91 Å². The number of rotatable bonds is 3. The summed E-state index contributed by atoms with van der Waals surface area (Å²) < 4.78 is 10.2. The van der Waals surface area contributed by atoms with E-state index < -0.39 is 6.04 Å². The van der Waals surface area contributed by atoms with E-state index in [0.717, 1.165) is 5.69 Å². The van der Waals surface area contributed by atoms with Gasteiger partial charge in [0, 0.05) is 23.9 Å². The van der Waals surface area contributed by atoms with Gasteiger partial charge in [-0.25, -0.2) is 0 Å². The van der Waals surface area contributed by atoms with Crippen molar-refractivity contribution >= 4 is 5.91 Å². The lowest BCUT2D eigenvalue weighted by molar-refractivity contribution is -0.00578. The Labute approximate surface area is 132 Å². The fraction of sp³-hybridized carbons (Fsp3) is 0.467. The van der Waals surface area contributed by atoms with Gasteiger partial charge in [-0.05, 0) is 12.0 Å². The van der Waals surface area contributed by atoms with Crippen molar-refractivity contribution in [2.45, 2.75) is 25.8 Å². The van der Waals surface area contributed by atoms with Crippen LogP contribution in [0.5, 0.6) is 0 Å². The predicted octanol–water partition coefficient (Wildman–Crippen LogP) is 1.09. The normalized spacial score (nSPS) is 18.4. The van der Waals surface area contributed by atoms with Crippen LogP contribution in [0.1, 0.15) is 47.7 Å². The van der Waals surface area contributed by atoms with Crippen molar-refractivity contribution in [3.05, 3.63) is 46.0 Å². The maximum absolute atomic E-state index is 12.9.